The zero-order valence-corrected chi connectivity index (χ0v) is 19.9. The van der Waals surface area contributed by atoms with E-state index >= 15 is 0 Å². The quantitative estimate of drug-likeness (QED) is 0.537. The lowest BCUT2D eigenvalue weighted by atomic mass is 9.77. The predicted octanol–water partition coefficient (Wildman–Crippen LogP) is 4.52. The summed E-state index contributed by atoms with van der Waals surface area (Å²) in [6.07, 6.45) is 13.5. The van der Waals surface area contributed by atoms with Crippen molar-refractivity contribution in [3.8, 4) is 0 Å². The molecule has 180 valence electrons. The number of benzene rings is 1. The average Bonchev–Trinajstić information content (AvgIpc) is 2.83. The van der Waals surface area contributed by atoms with E-state index in [1.54, 1.807) is 6.20 Å². The molecule has 2 aliphatic carbocycles. The molecule has 2 saturated heterocycles. The number of hydrogen-bond donors (Lipinski definition) is 4. The second-order valence-electron chi connectivity index (χ2n) is 10.6. The molecule has 3 atom stereocenters. The summed E-state index contributed by atoms with van der Waals surface area (Å²) >= 11 is 0. The molecule has 3 heterocycles. The number of nitrogens with one attached hydrogen (secondary N) is 3. The number of rotatable bonds is 2. The van der Waals surface area contributed by atoms with Crippen molar-refractivity contribution in [3.05, 3.63) is 30.5 Å². The van der Waals surface area contributed by atoms with Crippen molar-refractivity contribution in [1.82, 2.24) is 15.6 Å². The van der Waals surface area contributed by atoms with Crippen LogP contribution in [-0.4, -0.2) is 43.5 Å². The van der Waals surface area contributed by atoms with E-state index in [1.165, 1.54) is 63.5 Å². The first-order valence-electron chi connectivity index (χ1n) is 13.2. The van der Waals surface area contributed by atoms with Gasteiger partial charge < -0.3 is 21.1 Å². The number of anilines is 2. The Morgan fingerprint density at radius 3 is 2.79 bits per heavy atom. The van der Waals surface area contributed by atoms with Crippen molar-refractivity contribution in [2.45, 2.75) is 69.9 Å². The molecule has 5 N–H and O–H groups in total. The van der Waals surface area contributed by atoms with Gasteiger partial charge in [0.05, 0.1) is 6.73 Å². The average molecular weight is 452 g/mol. The first kappa shape index (κ1) is 22.9. The third-order valence-electron chi connectivity index (χ3n) is 8.33. The largest absolute Gasteiger partial charge is 0.383 e. The summed E-state index contributed by atoms with van der Waals surface area (Å²) in [4.78, 5) is 4.23. The van der Waals surface area contributed by atoms with Gasteiger partial charge in [0.2, 0.25) is 0 Å². The van der Waals surface area contributed by atoms with Crippen molar-refractivity contribution in [2.24, 2.45) is 17.8 Å². The van der Waals surface area contributed by atoms with Gasteiger partial charge in [0.25, 0.3) is 0 Å². The van der Waals surface area contributed by atoms with Crippen LogP contribution in [0.15, 0.2) is 30.5 Å². The van der Waals surface area contributed by atoms with Gasteiger partial charge in [0, 0.05) is 42.5 Å². The molecule has 0 radical (unpaired) electrons. The van der Waals surface area contributed by atoms with Gasteiger partial charge in [-0.15, -0.1) is 0 Å². The first-order chi connectivity index (χ1) is 16.2. The highest BCUT2D eigenvalue weighted by Crippen LogP contribution is 2.34. The smallest absolute Gasteiger partial charge is 0.131 e. The van der Waals surface area contributed by atoms with Crippen molar-refractivity contribution in [2.75, 3.05) is 37.5 Å². The minimum absolute atomic E-state index is 0.448. The van der Waals surface area contributed by atoms with Gasteiger partial charge in [-0.25, -0.2) is 4.98 Å². The molecular weight excluding hydrogens is 410 g/mol. The van der Waals surface area contributed by atoms with Crippen molar-refractivity contribution < 1.29 is 4.74 Å². The molecule has 6 nitrogen and oxygen atoms in total. The summed E-state index contributed by atoms with van der Waals surface area (Å²) in [5, 5.41) is 13.6. The topological polar surface area (TPSA) is 84.2 Å². The fraction of sp³-hybridized carbons (Fsp3) is 0.667. The van der Waals surface area contributed by atoms with Crippen LogP contribution >= 0.6 is 0 Å². The molecule has 4 aliphatic rings. The molecule has 0 spiro atoms. The van der Waals surface area contributed by atoms with E-state index in [-0.39, 0.29) is 0 Å². The van der Waals surface area contributed by atoms with Crippen LogP contribution in [0.25, 0.3) is 10.8 Å². The molecule has 2 unspecified atom stereocenters. The maximum absolute atomic E-state index is 6.07. The number of aromatic nitrogens is 1. The van der Waals surface area contributed by atoms with E-state index in [9.17, 15) is 0 Å². The lowest BCUT2D eigenvalue weighted by molar-refractivity contribution is 0.0801. The Hall–Kier alpha value is -1.89. The molecule has 2 saturated carbocycles. The highest BCUT2D eigenvalue weighted by Gasteiger charge is 2.28. The van der Waals surface area contributed by atoms with Gasteiger partial charge in [0.15, 0.2) is 0 Å². The third-order valence-corrected chi connectivity index (χ3v) is 8.33. The van der Waals surface area contributed by atoms with E-state index in [0.29, 0.717) is 23.8 Å². The highest BCUT2D eigenvalue weighted by atomic mass is 16.5. The molecule has 1 aromatic carbocycles. The fourth-order valence-electron chi connectivity index (χ4n) is 6.32. The SMILES string of the molecule is Nc1nccc2cc(N[C@@H]3CNCC4CCCC(C4)NCOCCC4CCC3CC4)ccc12. The van der Waals surface area contributed by atoms with Crippen LogP contribution in [0, 0.1) is 17.8 Å². The Labute approximate surface area is 198 Å². The van der Waals surface area contributed by atoms with Crippen LogP contribution in [0.4, 0.5) is 11.5 Å². The van der Waals surface area contributed by atoms with Crippen molar-refractivity contribution in [1.29, 1.82) is 0 Å². The Kier molecular flexibility index (Phi) is 7.64. The van der Waals surface area contributed by atoms with Gasteiger partial charge in [-0.2, -0.15) is 0 Å². The summed E-state index contributed by atoms with van der Waals surface area (Å²) in [6.45, 7) is 3.77. The number of hydrogen-bond acceptors (Lipinski definition) is 6. The zero-order chi connectivity index (χ0) is 22.5. The Morgan fingerprint density at radius 1 is 0.970 bits per heavy atom. The maximum Gasteiger partial charge on any atom is 0.131 e. The standard InChI is InChI=1S/C27H41N5O/c28-27-25-9-8-24(15-22(25)10-12-30-27)32-26-17-29-16-20-2-1-3-23(14-20)31-18-33-13-11-19-4-6-21(26)7-5-19/h8-10,12,15,19-21,23,26,29,31-32H,1-7,11,13-14,16-18H2,(H2,28,30)/t19?,20?,21?,23?,26-/m1/s1. The number of nitrogens with two attached hydrogens (primary N) is 1. The monoisotopic (exact) mass is 451 g/mol. The van der Waals surface area contributed by atoms with Gasteiger partial charge in [-0.1, -0.05) is 19.3 Å². The molecule has 1 aromatic heterocycles. The van der Waals surface area contributed by atoms with Crippen LogP contribution in [0.2, 0.25) is 0 Å². The third kappa shape index (κ3) is 5.97. The van der Waals surface area contributed by atoms with Gasteiger partial charge >= 0.3 is 0 Å². The van der Waals surface area contributed by atoms with Crippen LogP contribution in [-0.2, 0) is 4.74 Å². The molecule has 33 heavy (non-hydrogen) atoms. The molecular formula is C27H41N5O. The minimum atomic E-state index is 0.448. The predicted molar refractivity (Wildman–Crippen MR) is 136 cm³/mol. The maximum atomic E-state index is 6.07. The summed E-state index contributed by atoms with van der Waals surface area (Å²) in [7, 11) is 0. The van der Waals surface area contributed by atoms with E-state index in [4.69, 9.17) is 10.5 Å². The number of pyridine rings is 1. The molecule has 4 fully saturated rings. The molecule has 2 aliphatic heterocycles. The van der Waals surface area contributed by atoms with Crippen LogP contribution in [0.1, 0.15) is 57.8 Å². The van der Waals surface area contributed by atoms with E-state index in [1.807, 2.05) is 0 Å². The van der Waals surface area contributed by atoms with E-state index in [0.717, 1.165) is 49.0 Å². The van der Waals surface area contributed by atoms with Gasteiger partial charge in [-0.05, 0) is 92.5 Å². The second-order valence-corrected chi connectivity index (χ2v) is 10.6. The Balaban J connectivity index is 1.29. The molecule has 4 bridgehead atoms. The van der Waals surface area contributed by atoms with Crippen LogP contribution in [0.5, 0.6) is 0 Å². The lowest BCUT2D eigenvalue weighted by Crippen LogP contribution is -2.43. The first-order valence-corrected chi connectivity index (χ1v) is 13.2. The Morgan fingerprint density at radius 2 is 1.88 bits per heavy atom. The molecule has 6 heteroatoms. The normalized spacial score (nSPS) is 31.9. The van der Waals surface area contributed by atoms with E-state index < -0.39 is 0 Å². The second kappa shape index (κ2) is 11.0. The number of nitrogens with zero attached hydrogens (tertiary/aromatic N) is 1. The number of fused-ring (bicyclic) bond motifs is 10. The molecule has 6 rings (SSSR count). The minimum Gasteiger partial charge on any atom is -0.383 e. The summed E-state index contributed by atoms with van der Waals surface area (Å²) in [5.74, 6) is 2.89. The van der Waals surface area contributed by atoms with E-state index in [2.05, 4.69) is 45.2 Å². The molecule has 0 amide bonds. The van der Waals surface area contributed by atoms with Crippen molar-refractivity contribution in [3.63, 3.8) is 0 Å². The van der Waals surface area contributed by atoms with Crippen molar-refractivity contribution >= 4 is 22.3 Å². The molecule has 2 aromatic rings. The number of ether oxygens (including phenoxy) is 1. The summed E-state index contributed by atoms with van der Waals surface area (Å²) < 4.78 is 5.97. The zero-order valence-electron chi connectivity index (χ0n) is 19.9. The van der Waals surface area contributed by atoms with Gasteiger partial charge in [-0.3, -0.25) is 5.32 Å². The van der Waals surface area contributed by atoms with Gasteiger partial charge in [0.1, 0.15) is 5.82 Å². The van der Waals surface area contributed by atoms with Crippen LogP contribution in [0.3, 0.4) is 0 Å². The van der Waals surface area contributed by atoms with Crippen LogP contribution < -0.4 is 21.7 Å². The fourth-order valence-corrected chi connectivity index (χ4v) is 6.32. The highest BCUT2D eigenvalue weighted by molar-refractivity contribution is 5.92. The Bertz CT molecular complexity index is 897. The summed E-state index contributed by atoms with van der Waals surface area (Å²) in [6, 6.07) is 9.61. The number of nitrogen functional groups attached to an aromatic ring is 1. The summed E-state index contributed by atoms with van der Waals surface area (Å²) in [5.41, 5.74) is 7.25. The lowest BCUT2D eigenvalue weighted by Gasteiger charge is -2.36.